The van der Waals surface area contributed by atoms with Crippen molar-refractivity contribution in [3.63, 3.8) is 0 Å². The number of benzene rings is 1. The summed E-state index contributed by atoms with van der Waals surface area (Å²) in [4.78, 5) is 23.4. The number of fused-ring (bicyclic) bond motifs is 2. The Morgan fingerprint density at radius 2 is 1.76 bits per heavy atom. The molecule has 0 bridgehead atoms. The van der Waals surface area contributed by atoms with E-state index in [1.165, 1.54) is 0 Å². The van der Waals surface area contributed by atoms with E-state index in [0.29, 0.717) is 37.9 Å². The second-order valence-corrected chi connectivity index (χ2v) is 8.12. The number of ether oxygens (including phenoxy) is 2. The average molecular weight is 447 g/mol. The van der Waals surface area contributed by atoms with Crippen LogP contribution in [0.2, 0.25) is 0 Å². The van der Waals surface area contributed by atoms with Crippen LogP contribution in [0.1, 0.15) is 36.8 Å². The molecule has 7 nitrogen and oxygen atoms in total. The third-order valence-corrected chi connectivity index (χ3v) is 5.53. The first-order valence-electron chi connectivity index (χ1n) is 11.5. The maximum Gasteiger partial charge on any atom is 0.234 e. The largest absolute Gasteiger partial charge is 0.490 e. The topological polar surface area (TPSA) is 76.6 Å². The Bertz CT molecular complexity index is 1030. The van der Waals surface area contributed by atoms with Gasteiger partial charge in [0.2, 0.25) is 11.8 Å². The number of nitrogens with zero attached hydrogens (tertiary/aromatic N) is 3. The van der Waals surface area contributed by atoms with Crippen LogP contribution in [0.15, 0.2) is 67.1 Å². The predicted octanol–water partition coefficient (Wildman–Crippen LogP) is 4.34. The summed E-state index contributed by atoms with van der Waals surface area (Å²) in [5.41, 5.74) is 1.97. The number of rotatable bonds is 4. The quantitative estimate of drug-likeness (QED) is 0.643. The Morgan fingerprint density at radius 3 is 2.64 bits per heavy atom. The second kappa shape index (κ2) is 12.0. The fourth-order valence-corrected chi connectivity index (χ4v) is 3.78. The van der Waals surface area contributed by atoms with Crippen LogP contribution in [0.4, 0.5) is 0 Å². The van der Waals surface area contributed by atoms with E-state index in [2.05, 4.69) is 20.2 Å². The van der Waals surface area contributed by atoms with Crippen molar-refractivity contribution in [2.45, 2.75) is 38.8 Å². The molecule has 1 aromatic carbocycles. The van der Waals surface area contributed by atoms with Gasteiger partial charge >= 0.3 is 0 Å². The summed E-state index contributed by atoms with van der Waals surface area (Å²) < 4.78 is 12.1. The van der Waals surface area contributed by atoms with Crippen molar-refractivity contribution in [2.24, 2.45) is 0 Å². The molecule has 0 radical (unpaired) electrons. The summed E-state index contributed by atoms with van der Waals surface area (Å²) in [5, 5.41) is 3.02. The number of aromatic nitrogens is 2. The zero-order valence-electron chi connectivity index (χ0n) is 18.8. The zero-order valence-corrected chi connectivity index (χ0v) is 18.8. The van der Waals surface area contributed by atoms with Gasteiger partial charge in [-0.15, -0.1) is 0 Å². The van der Waals surface area contributed by atoms with Gasteiger partial charge in [-0.25, -0.2) is 4.98 Å². The molecule has 3 aromatic rings. The summed E-state index contributed by atoms with van der Waals surface area (Å²) in [7, 11) is 0. The smallest absolute Gasteiger partial charge is 0.234 e. The van der Waals surface area contributed by atoms with E-state index in [-0.39, 0.29) is 5.91 Å². The standard InChI is InChI=1S/C26H30N4O3/c31-25(29-18-21-11-14-27-15-12-21)20-30-16-5-1-2-6-17-32-23-9-3-4-10-24(23)33-26-22(19-30)8-7-13-28-26/h3-4,7-15H,1-2,5-6,16-20H2,(H,29,31). The molecule has 4 rings (SSSR count). The van der Waals surface area contributed by atoms with Gasteiger partial charge in [0.25, 0.3) is 0 Å². The molecule has 0 saturated heterocycles. The second-order valence-electron chi connectivity index (χ2n) is 8.12. The van der Waals surface area contributed by atoms with Crippen LogP contribution in [0.5, 0.6) is 17.4 Å². The van der Waals surface area contributed by atoms with E-state index in [0.717, 1.165) is 49.1 Å². The Labute approximate surface area is 194 Å². The minimum Gasteiger partial charge on any atom is -0.490 e. The fourth-order valence-electron chi connectivity index (χ4n) is 3.78. The van der Waals surface area contributed by atoms with Crippen molar-refractivity contribution in [3.8, 4) is 17.4 Å². The Morgan fingerprint density at radius 1 is 0.939 bits per heavy atom. The number of pyridine rings is 2. The number of hydrogen-bond donors (Lipinski definition) is 1. The van der Waals surface area contributed by atoms with E-state index < -0.39 is 0 Å². The molecule has 172 valence electrons. The van der Waals surface area contributed by atoms with Gasteiger partial charge in [0.05, 0.1) is 13.2 Å². The maximum absolute atomic E-state index is 12.7. The number of carbonyl (C=O) groups excluding carboxylic acids is 1. The van der Waals surface area contributed by atoms with Crippen molar-refractivity contribution in [1.29, 1.82) is 0 Å². The van der Waals surface area contributed by atoms with Gasteiger partial charge in [-0.1, -0.05) is 31.0 Å². The summed E-state index contributed by atoms with van der Waals surface area (Å²) in [6, 6.07) is 15.4. The third kappa shape index (κ3) is 7.02. The summed E-state index contributed by atoms with van der Waals surface area (Å²) in [5.74, 6) is 1.90. The van der Waals surface area contributed by atoms with Gasteiger partial charge in [0.15, 0.2) is 11.5 Å². The first kappa shape index (κ1) is 22.7. The molecule has 2 aromatic heterocycles. The molecular weight excluding hydrogens is 416 g/mol. The van der Waals surface area contributed by atoms with Gasteiger partial charge in [0, 0.05) is 37.2 Å². The highest BCUT2D eigenvalue weighted by atomic mass is 16.5. The summed E-state index contributed by atoms with van der Waals surface area (Å²) >= 11 is 0. The molecule has 0 unspecified atom stereocenters. The lowest BCUT2D eigenvalue weighted by Gasteiger charge is -2.23. The lowest BCUT2D eigenvalue weighted by molar-refractivity contribution is -0.122. The van der Waals surface area contributed by atoms with Crippen molar-refractivity contribution in [3.05, 3.63) is 78.2 Å². The van der Waals surface area contributed by atoms with Crippen LogP contribution >= 0.6 is 0 Å². The fraction of sp³-hybridized carbons (Fsp3) is 0.346. The first-order valence-corrected chi connectivity index (χ1v) is 11.5. The van der Waals surface area contributed by atoms with Gasteiger partial charge in [0.1, 0.15) is 0 Å². The SMILES string of the molecule is O=C(CN1CCCCCCOc2ccccc2Oc2ncccc2C1)NCc1ccncc1. The molecule has 1 N–H and O–H groups in total. The van der Waals surface area contributed by atoms with E-state index in [4.69, 9.17) is 9.47 Å². The van der Waals surface area contributed by atoms with Crippen molar-refractivity contribution in [1.82, 2.24) is 20.2 Å². The first-order chi connectivity index (χ1) is 16.3. The molecule has 0 aliphatic carbocycles. The van der Waals surface area contributed by atoms with Crippen LogP contribution in [0, 0.1) is 0 Å². The molecule has 1 amide bonds. The van der Waals surface area contributed by atoms with Crippen LogP contribution in [0.3, 0.4) is 0 Å². The Kier molecular flexibility index (Phi) is 8.25. The number of amides is 1. The van der Waals surface area contributed by atoms with Crippen LogP contribution in [-0.4, -0.2) is 40.5 Å². The molecule has 1 aliphatic heterocycles. The highest BCUT2D eigenvalue weighted by molar-refractivity contribution is 5.78. The molecule has 0 atom stereocenters. The molecule has 0 fully saturated rings. The molecular formula is C26H30N4O3. The van der Waals surface area contributed by atoms with Crippen molar-refractivity contribution >= 4 is 5.91 Å². The van der Waals surface area contributed by atoms with Gasteiger partial charge in [-0.05, 0) is 55.3 Å². The normalized spacial score (nSPS) is 15.2. The average Bonchev–Trinajstić information content (AvgIpc) is 2.84. The van der Waals surface area contributed by atoms with E-state index in [9.17, 15) is 4.79 Å². The Hall–Kier alpha value is -3.45. The van der Waals surface area contributed by atoms with Gasteiger partial charge in [-0.2, -0.15) is 0 Å². The highest BCUT2D eigenvalue weighted by Gasteiger charge is 2.16. The lowest BCUT2D eigenvalue weighted by atomic mass is 10.1. The predicted molar refractivity (Wildman–Crippen MR) is 126 cm³/mol. The molecule has 33 heavy (non-hydrogen) atoms. The Balaban J connectivity index is 1.48. The number of hydrogen-bond acceptors (Lipinski definition) is 6. The number of nitrogens with one attached hydrogen (secondary N) is 1. The van der Waals surface area contributed by atoms with Gasteiger partial charge < -0.3 is 14.8 Å². The molecule has 1 aliphatic rings. The summed E-state index contributed by atoms with van der Waals surface area (Å²) in [6.45, 7) is 2.87. The molecule has 3 heterocycles. The minimum absolute atomic E-state index is 0.00182. The van der Waals surface area contributed by atoms with E-state index in [1.54, 1.807) is 18.6 Å². The van der Waals surface area contributed by atoms with Crippen molar-refractivity contribution in [2.75, 3.05) is 19.7 Å². The monoisotopic (exact) mass is 446 g/mol. The van der Waals surface area contributed by atoms with Crippen LogP contribution in [-0.2, 0) is 17.9 Å². The maximum atomic E-state index is 12.7. The van der Waals surface area contributed by atoms with Crippen LogP contribution < -0.4 is 14.8 Å². The molecule has 0 saturated carbocycles. The highest BCUT2D eigenvalue weighted by Crippen LogP contribution is 2.32. The van der Waals surface area contributed by atoms with E-state index in [1.807, 2.05) is 48.5 Å². The van der Waals surface area contributed by atoms with Crippen LogP contribution in [0.25, 0.3) is 0 Å². The molecule has 0 spiro atoms. The van der Waals surface area contributed by atoms with Gasteiger partial charge in [-0.3, -0.25) is 14.7 Å². The lowest BCUT2D eigenvalue weighted by Crippen LogP contribution is -2.37. The summed E-state index contributed by atoms with van der Waals surface area (Å²) in [6.07, 6.45) is 9.36. The van der Waals surface area contributed by atoms with Crippen molar-refractivity contribution < 1.29 is 14.3 Å². The minimum atomic E-state index is -0.00182. The zero-order chi connectivity index (χ0) is 22.7. The number of para-hydroxylation sites is 2. The molecule has 7 heteroatoms. The number of carbonyl (C=O) groups is 1. The van der Waals surface area contributed by atoms with E-state index >= 15 is 0 Å². The third-order valence-electron chi connectivity index (χ3n) is 5.53.